The van der Waals surface area contributed by atoms with Gasteiger partial charge in [0.25, 0.3) is 5.56 Å². The summed E-state index contributed by atoms with van der Waals surface area (Å²) in [6.07, 6.45) is 2.15. The first-order valence-electron chi connectivity index (χ1n) is 7.06. The van der Waals surface area contributed by atoms with Crippen LogP contribution in [0.3, 0.4) is 0 Å². The summed E-state index contributed by atoms with van der Waals surface area (Å²) >= 11 is 0. The lowest BCUT2D eigenvalue weighted by molar-refractivity contribution is -0.129. The summed E-state index contributed by atoms with van der Waals surface area (Å²) in [6.45, 7) is 3.31. The molecular formula is C13H19N5O2. The minimum absolute atomic E-state index is 0.0431. The highest BCUT2D eigenvalue weighted by Gasteiger charge is 2.26. The summed E-state index contributed by atoms with van der Waals surface area (Å²) in [5.74, 6) is 1.64. The molecule has 1 saturated heterocycles. The second-order valence-corrected chi connectivity index (χ2v) is 5.27. The van der Waals surface area contributed by atoms with E-state index >= 15 is 0 Å². The molecule has 1 aromatic heterocycles. The molecule has 3 rings (SSSR count). The Balaban J connectivity index is 1.60. The van der Waals surface area contributed by atoms with Crippen LogP contribution in [0.25, 0.3) is 0 Å². The zero-order valence-electron chi connectivity index (χ0n) is 11.3. The van der Waals surface area contributed by atoms with Crippen molar-refractivity contribution in [1.82, 2.24) is 20.2 Å². The zero-order chi connectivity index (χ0) is 13.9. The Bertz CT molecular complexity index is 546. The second-order valence-electron chi connectivity index (χ2n) is 5.27. The molecule has 1 aliphatic carbocycles. The number of carbonyl (C=O) groups excluding carboxylic acids is 1. The first-order valence-corrected chi connectivity index (χ1v) is 7.06. The van der Waals surface area contributed by atoms with Crippen molar-refractivity contribution in [1.29, 1.82) is 0 Å². The Hall–Kier alpha value is -1.89. The standard InChI is InChI=1S/C13H19N5O2/c19-11-7-10(16-13(17-11)9-1-2-9)15-8-12(20)18-5-3-14-4-6-18/h7,9,14H,1-6,8H2,(H2,15,16,17,19). The van der Waals surface area contributed by atoms with E-state index in [1.54, 1.807) is 0 Å². The van der Waals surface area contributed by atoms with Crippen LogP contribution in [-0.4, -0.2) is 53.5 Å². The van der Waals surface area contributed by atoms with Crippen LogP contribution in [0.1, 0.15) is 24.6 Å². The summed E-state index contributed by atoms with van der Waals surface area (Å²) in [5, 5.41) is 6.17. The number of hydrogen-bond donors (Lipinski definition) is 3. The summed E-state index contributed by atoms with van der Waals surface area (Å²) in [6, 6.07) is 1.40. The summed E-state index contributed by atoms with van der Waals surface area (Å²) in [7, 11) is 0. The van der Waals surface area contributed by atoms with Crippen molar-refractivity contribution >= 4 is 11.7 Å². The van der Waals surface area contributed by atoms with E-state index in [4.69, 9.17) is 0 Å². The van der Waals surface area contributed by atoms with Gasteiger partial charge < -0.3 is 20.5 Å². The van der Waals surface area contributed by atoms with Crippen LogP contribution in [0.2, 0.25) is 0 Å². The molecule has 0 radical (unpaired) electrons. The largest absolute Gasteiger partial charge is 0.361 e. The number of nitrogens with one attached hydrogen (secondary N) is 3. The van der Waals surface area contributed by atoms with E-state index in [2.05, 4.69) is 20.6 Å². The van der Waals surface area contributed by atoms with Crippen molar-refractivity contribution in [2.45, 2.75) is 18.8 Å². The van der Waals surface area contributed by atoms with Crippen LogP contribution in [0.5, 0.6) is 0 Å². The third-order valence-electron chi connectivity index (χ3n) is 3.61. The van der Waals surface area contributed by atoms with E-state index in [0.29, 0.717) is 11.7 Å². The number of rotatable bonds is 4. The van der Waals surface area contributed by atoms with Gasteiger partial charge in [0, 0.05) is 38.2 Å². The molecule has 3 N–H and O–H groups in total. The summed E-state index contributed by atoms with van der Waals surface area (Å²) in [4.78, 5) is 32.5. The summed E-state index contributed by atoms with van der Waals surface area (Å²) < 4.78 is 0. The minimum atomic E-state index is -0.168. The van der Waals surface area contributed by atoms with Gasteiger partial charge in [-0.25, -0.2) is 4.98 Å². The first kappa shape index (κ1) is 13.1. The van der Waals surface area contributed by atoms with Crippen LogP contribution in [-0.2, 0) is 4.79 Å². The molecule has 2 heterocycles. The molecule has 0 spiro atoms. The van der Waals surface area contributed by atoms with Gasteiger partial charge in [-0.2, -0.15) is 0 Å². The fourth-order valence-corrected chi connectivity index (χ4v) is 2.31. The molecule has 2 aliphatic rings. The van der Waals surface area contributed by atoms with Crippen LogP contribution in [0.4, 0.5) is 5.82 Å². The average Bonchev–Trinajstić information content (AvgIpc) is 3.30. The van der Waals surface area contributed by atoms with Gasteiger partial charge in [-0.05, 0) is 12.8 Å². The van der Waals surface area contributed by atoms with Gasteiger partial charge in [-0.1, -0.05) is 0 Å². The van der Waals surface area contributed by atoms with E-state index in [0.717, 1.165) is 44.8 Å². The number of nitrogens with zero attached hydrogens (tertiary/aromatic N) is 2. The highest BCUT2D eigenvalue weighted by molar-refractivity contribution is 5.80. The Kier molecular flexibility index (Phi) is 3.68. The van der Waals surface area contributed by atoms with E-state index < -0.39 is 0 Å². The molecule has 1 saturated carbocycles. The minimum Gasteiger partial charge on any atom is -0.361 e. The highest BCUT2D eigenvalue weighted by atomic mass is 16.2. The van der Waals surface area contributed by atoms with Crippen LogP contribution >= 0.6 is 0 Å². The van der Waals surface area contributed by atoms with Gasteiger partial charge in [0.1, 0.15) is 11.6 Å². The smallest absolute Gasteiger partial charge is 0.252 e. The topological polar surface area (TPSA) is 90.1 Å². The molecule has 7 heteroatoms. The number of amides is 1. The molecule has 0 aromatic carbocycles. The first-order chi connectivity index (χ1) is 9.72. The van der Waals surface area contributed by atoms with Crippen molar-refractivity contribution in [3.8, 4) is 0 Å². The normalized spacial score (nSPS) is 18.9. The van der Waals surface area contributed by atoms with Gasteiger partial charge in [0.15, 0.2) is 0 Å². The highest BCUT2D eigenvalue weighted by Crippen LogP contribution is 2.37. The van der Waals surface area contributed by atoms with Gasteiger partial charge in [-0.3, -0.25) is 9.59 Å². The Labute approximate surface area is 116 Å². The molecule has 2 fully saturated rings. The molecule has 1 aromatic rings. The fraction of sp³-hybridized carbons (Fsp3) is 0.615. The molecule has 1 aliphatic heterocycles. The lowest BCUT2D eigenvalue weighted by atomic mass is 10.3. The van der Waals surface area contributed by atoms with Crippen molar-refractivity contribution in [3.05, 3.63) is 22.2 Å². The average molecular weight is 277 g/mol. The number of anilines is 1. The predicted octanol–water partition coefficient (Wildman–Crippen LogP) is -0.509. The molecule has 7 nitrogen and oxygen atoms in total. The molecule has 0 bridgehead atoms. The second kappa shape index (κ2) is 5.62. The van der Waals surface area contributed by atoms with Crippen LogP contribution in [0, 0.1) is 0 Å². The maximum atomic E-state index is 12.0. The molecular weight excluding hydrogens is 258 g/mol. The third kappa shape index (κ3) is 3.16. The Morgan fingerprint density at radius 2 is 2.15 bits per heavy atom. The van der Waals surface area contributed by atoms with Crippen molar-refractivity contribution in [2.75, 3.05) is 38.0 Å². The molecule has 0 atom stereocenters. The Morgan fingerprint density at radius 3 is 2.85 bits per heavy atom. The molecule has 20 heavy (non-hydrogen) atoms. The maximum Gasteiger partial charge on any atom is 0.252 e. The molecule has 108 valence electrons. The quantitative estimate of drug-likeness (QED) is 0.690. The number of piperazine rings is 1. The lowest BCUT2D eigenvalue weighted by Crippen LogP contribution is -2.48. The number of aromatic nitrogens is 2. The van der Waals surface area contributed by atoms with E-state index in [-0.39, 0.29) is 18.0 Å². The lowest BCUT2D eigenvalue weighted by Gasteiger charge is -2.27. The van der Waals surface area contributed by atoms with Crippen LogP contribution in [0.15, 0.2) is 10.9 Å². The van der Waals surface area contributed by atoms with Crippen molar-refractivity contribution in [3.63, 3.8) is 0 Å². The maximum absolute atomic E-state index is 12.0. The molecule has 0 unspecified atom stereocenters. The SMILES string of the molecule is O=C(CNc1cc(=O)[nH]c(C2CC2)n1)N1CCNCC1. The summed E-state index contributed by atoms with van der Waals surface area (Å²) in [5.41, 5.74) is -0.168. The predicted molar refractivity (Wildman–Crippen MR) is 74.8 cm³/mol. The van der Waals surface area contributed by atoms with E-state index in [9.17, 15) is 9.59 Å². The number of hydrogen-bond acceptors (Lipinski definition) is 5. The number of H-pyrrole nitrogens is 1. The van der Waals surface area contributed by atoms with Gasteiger partial charge in [-0.15, -0.1) is 0 Å². The Morgan fingerprint density at radius 1 is 1.40 bits per heavy atom. The van der Waals surface area contributed by atoms with Gasteiger partial charge in [0.2, 0.25) is 5.91 Å². The zero-order valence-corrected chi connectivity index (χ0v) is 11.3. The number of carbonyl (C=O) groups is 1. The fourth-order valence-electron chi connectivity index (χ4n) is 2.31. The monoisotopic (exact) mass is 277 g/mol. The third-order valence-corrected chi connectivity index (χ3v) is 3.61. The van der Waals surface area contributed by atoms with Crippen molar-refractivity contribution < 1.29 is 4.79 Å². The van der Waals surface area contributed by atoms with Gasteiger partial charge in [0.05, 0.1) is 6.54 Å². The van der Waals surface area contributed by atoms with Crippen LogP contribution < -0.4 is 16.2 Å². The van der Waals surface area contributed by atoms with Gasteiger partial charge >= 0.3 is 0 Å². The molecule has 1 amide bonds. The number of aromatic amines is 1. The van der Waals surface area contributed by atoms with E-state index in [1.807, 2.05) is 4.90 Å². The van der Waals surface area contributed by atoms with E-state index in [1.165, 1.54) is 6.07 Å². The van der Waals surface area contributed by atoms with Crippen molar-refractivity contribution in [2.24, 2.45) is 0 Å².